The van der Waals surface area contributed by atoms with E-state index in [1.165, 1.54) is 34.8 Å². The summed E-state index contributed by atoms with van der Waals surface area (Å²) in [6.07, 6.45) is 4.57. The van der Waals surface area contributed by atoms with Gasteiger partial charge in [0.2, 0.25) is 0 Å². The van der Waals surface area contributed by atoms with Gasteiger partial charge in [0.05, 0.1) is 0 Å². The summed E-state index contributed by atoms with van der Waals surface area (Å²) in [5, 5.41) is 0. The van der Waals surface area contributed by atoms with E-state index in [9.17, 15) is 0 Å². The van der Waals surface area contributed by atoms with Crippen molar-refractivity contribution < 1.29 is 0 Å². The van der Waals surface area contributed by atoms with E-state index >= 15 is 0 Å². The number of benzene rings is 1. The van der Waals surface area contributed by atoms with Gasteiger partial charge in [-0.1, -0.05) is 32.4 Å². The van der Waals surface area contributed by atoms with Crippen LogP contribution in [0, 0.1) is 12.8 Å². The molecule has 14 heavy (non-hydrogen) atoms. The Hall–Kier alpha value is -0.430. The summed E-state index contributed by atoms with van der Waals surface area (Å²) in [7, 11) is 0. The van der Waals surface area contributed by atoms with Crippen molar-refractivity contribution in [2.45, 2.75) is 38.5 Å². The molecule has 0 heterocycles. The molecular weight excluding hydrogens is 188 g/mol. The first-order chi connectivity index (χ1) is 6.69. The molecule has 1 aromatic rings. The van der Waals surface area contributed by atoms with E-state index in [0.29, 0.717) is 0 Å². The van der Waals surface area contributed by atoms with E-state index < -0.39 is 0 Å². The monoisotopic (exact) mass is 207 g/mol. The van der Waals surface area contributed by atoms with E-state index in [0.717, 1.165) is 0 Å². The molecule has 0 fully saturated rings. The standard InChI is InChI=1S/C13H19S/c1-5-6-10(2)12-7-8-13(14-4)11(3)9-12/h7-9H,5-6H2,1-4H3. The van der Waals surface area contributed by atoms with E-state index in [1.54, 1.807) is 0 Å². The van der Waals surface area contributed by atoms with Crippen LogP contribution < -0.4 is 0 Å². The van der Waals surface area contributed by atoms with Crippen LogP contribution in [0.3, 0.4) is 0 Å². The topological polar surface area (TPSA) is 0 Å². The van der Waals surface area contributed by atoms with Crippen LogP contribution in [-0.4, -0.2) is 6.26 Å². The smallest absolute Gasteiger partial charge is 0.00985 e. The third kappa shape index (κ3) is 2.78. The molecule has 0 spiro atoms. The fraction of sp³-hybridized carbons (Fsp3) is 0.462. The minimum absolute atomic E-state index is 1.21. The molecule has 0 unspecified atom stereocenters. The predicted octanol–water partition coefficient (Wildman–Crippen LogP) is 4.46. The van der Waals surface area contributed by atoms with Crippen molar-refractivity contribution in [1.29, 1.82) is 0 Å². The third-order valence-corrected chi connectivity index (χ3v) is 3.41. The molecule has 0 aliphatic heterocycles. The van der Waals surface area contributed by atoms with Crippen LogP contribution >= 0.6 is 11.8 Å². The number of hydrogen-bond acceptors (Lipinski definition) is 1. The maximum atomic E-state index is 2.30. The Morgan fingerprint density at radius 1 is 1.36 bits per heavy atom. The van der Waals surface area contributed by atoms with Crippen LogP contribution in [0.15, 0.2) is 23.1 Å². The molecule has 0 atom stereocenters. The Kier molecular flexibility index (Phi) is 4.53. The van der Waals surface area contributed by atoms with Crippen molar-refractivity contribution in [3.05, 3.63) is 35.2 Å². The lowest BCUT2D eigenvalue weighted by atomic mass is 9.95. The van der Waals surface area contributed by atoms with Crippen molar-refractivity contribution >= 4 is 11.8 Å². The van der Waals surface area contributed by atoms with Crippen molar-refractivity contribution in [3.8, 4) is 0 Å². The second kappa shape index (κ2) is 5.45. The minimum atomic E-state index is 1.21. The SMILES string of the molecule is CCC[C](C)c1ccc(SC)c(C)c1. The van der Waals surface area contributed by atoms with Gasteiger partial charge in [-0.15, -0.1) is 11.8 Å². The van der Waals surface area contributed by atoms with E-state index in [-0.39, 0.29) is 0 Å². The van der Waals surface area contributed by atoms with E-state index in [4.69, 9.17) is 0 Å². The van der Waals surface area contributed by atoms with Crippen LogP contribution in [0.2, 0.25) is 0 Å². The zero-order valence-corrected chi connectivity index (χ0v) is 10.4. The average molecular weight is 207 g/mol. The molecule has 1 rings (SSSR count). The Morgan fingerprint density at radius 2 is 2.07 bits per heavy atom. The Bertz CT molecular complexity index is 291. The van der Waals surface area contributed by atoms with E-state index in [2.05, 4.69) is 45.2 Å². The molecule has 0 saturated heterocycles. The third-order valence-electron chi connectivity index (χ3n) is 2.51. The molecule has 0 aliphatic carbocycles. The second-order valence-electron chi connectivity index (χ2n) is 3.71. The zero-order chi connectivity index (χ0) is 10.6. The van der Waals surface area contributed by atoms with E-state index in [1.807, 2.05) is 11.8 Å². The van der Waals surface area contributed by atoms with Crippen LogP contribution in [0.25, 0.3) is 0 Å². The number of thioether (sulfide) groups is 1. The van der Waals surface area contributed by atoms with Gasteiger partial charge in [-0.3, -0.25) is 0 Å². The Balaban J connectivity index is 2.85. The van der Waals surface area contributed by atoms with Crippen molar-refractivity contribution in [2.24, 2.45) is 0 Å². The summed E-state index contributed by atoms with van der Waals surface area (Å²) in [4.78, 5) is 1.39. The summed E-state index contributed by atoms with van der Waals surface area (Å²) < 4.78 is 0. The van der Waals surface area contributed by atoms with Gasteiger partial charge in [-0.05, 0) is 36.8 Å². The predicted molar refractivity (Wildman–Crippen MR) is 65.9 cm³/mol. The van der Waals surface area contributed by atoms with Crippen LogP contribution in [0.1, 0.15) is 37.8 Å². The zero-order valence-electron chi connectivity index (χ0n) is 9.55. The highest BCUT2D eigenvalue weighted by molar-refractivity contribution is 7.98. The molecule has 0 aliphatic rings. The molecule has 0 amide bonds. The highest BCUT2D eigenvalue weighted by Gasteiger charge is 2.06. The van der Waals surface area contributed by atoms with Crippen molar-refractivity contribution in [2.75, 3.05) is 6.26 Å². The quantitative estimate of drug-likeness (QED) is 0.657. The number of aryl methyl sites for hydroxylation is 1. The van der Waals surface area contributed by atoms with Gasteiger partial charge in [-0.2, -0.15) is 0 Å². The van der Waals surface area contributed by atoms with Gasteiger partial charge in [-0.25, -0.2) is 0 Å². The average Bonchev–Trinajstić information content (AvgIpc) is 2.18. The lowest BCUT2D eigenvalue weighted by Crippen LogP contribution is -1.95. The molecule has 0 saturated carbocycles. The second-order valence-corrected chi connectivity index (χ2v) is 4.56. The molecule has 1 heteroatoms. The number of hydrogen-bond donors (Lipinski definition) is 0. The highest BCUT2D eigenvalue weighted by Crippen LogP contribution is 2.25. The van der Waals surface area contributed by atoms with Gasteiger partial charge in [0, 0.05) is 10.8 Å². The lowest BCUT2D eigenvalue weighted by molar-refractivity contribution is 0.827. The van der Waals surface area contributed by atoms with Gasteiger partial charge in [0.1, 0.15) is 0 Å². The van der Waals surface area contributed by atoms with Gasteiger partial charge in [0.15, 0.2) is 0 Å². The summed E-state index contributed by atoms with van der Waals surface area (Å²) >= 11 is 1.82. The highest BCUT2D eigenvalue weighted by atomic mass is 32.2. The van der Waals surface area contributed by atoms with Crippen LogP contribution in [-0.2, 0) is 0 Å². The molecular formula is C13H19S. The Labute approximate surface area is 92.1 Å². The maximum absolute atomic E-state index is 2.30. The fourth-order valence-electron chi connectivity index (χ4n) is 1.66. The number of rotatable bonds is 4. The van der Waals surface area contributed by atoms with Gasteiger partial charge >= 0.3 is 0 Å². The molecule has 1 radical (unpaired) electrons. The van der Waals surface area contributed by atoms with Gasteiger partial charge in [0.25, 0.3) is 0 Å². The maximum Gasteiger partial charge on any atom is 0.00985 e. The first-order valence-corrected chi connectivity index (χ1v) is 6.39. The molecule has 0 aromatic heterocycles. The first kappa shape index (κ1) is 11.6. The largest absolute Gasteiger partial charge is 0.129 e. The summed E-state index contributed by atoms with van der Waals surface area (Å²) in [5.41, 5.74) is 2.80. The first-order valence-electron chi connectivity index (χ1n) is 5.16. The summed E-state index contributed by atoms with van der Waals surface area (Å²) in [6.45, 7) is 6.65. The minimum Gasteiger partial charge on any atom is -0.129 e. The van der Waals surface area contributed by atoms with Crippen molar-refractivity contribution in [3.63, 3.8) is 0 Å². The lowest BCUT2D eigenvalue weighted by Gasteiger charge is -2.12. The molecule has 1 aromatic carbocycles. The normalized spacial score (nSPS) is 10.9. The van der Waals surface area contributed by atoms with Crippen molar-refractivity contribution in [1.82, 2.24) is 0 Å². The molecule has 77 valence electrons. The summed E-state index contributed by atoms with van der Waals surface area (Å²) in [5.74, 6) is 1.50. The van der Waals surface area contributed by atoms with Crippen LogP contribution in [0.4, 0.5) is 0 Å². The fourth-order valence-corrected chi connectivity index (χ4v) is 2.25. The van der Waals surface area contributed by atoms with Gasteiger partial charge < -0.3 is 0 Å². The van der Waals surface area contributed by atoms with Crippen LogP contribution in [0.5, 0.6) is 0 Å². The Morgan fingerprint density at radius 3 is 2.57 bits per heavy atom. The summed E-state index contributed by atoms with van der Waals surface area (Å²) in [6, 6.07) is 6.77. The molecule has 0 N–H and O–H groups in total. The molecule has 0 bridgehead atoms. The molecule has 0 nitrogen and oxygen atoms in total.